The summed E-state index contributed by atoms with van der Waals surface area (Å²) >= 11 is 0. The summed E-state index contributed by atoms with van der Waals surface area (Å²) in [5, 5.41) is 11.2. The van der Waals surface area contributed by atoms with E-state index in [9.17, 15) is 4.39 Å². The molecule has 0 aliphatic heterocycles. The molecule has 7 heteroatoms. The van der Waals surface area contributed by atoms with Crippen molar-refractivity contribution in [2.45, 2.75) is 0 Å². The predicted molar refractivity (Wildman–Crippen MR) is 72.4 cm³/mol. The molecule has 0 fully saturated rings. The van der Waals surface area contributed by atoms with Crippen LogP contribution in [0.15, 0.2) is 36.7 Å². The Morgan fingerprint density at radius 3 is 3.10 bits per heavy atom. The lowest BCUT2D eigenvalue weighted by atomic mass is 10.1. The van der Waals surface area contributed by atoms with Gasteiger partial charge in [-0.25, -0.2) is 13.9 Å². The van der Waals surface area contributed by atoms with Crippen molar-refractivity contribution in [1.29, 1.82) is 0 Å². The van der Waals surface area contributed by atoms with Crippen LogP contribution in [0.3, 0.4) is 0 Å². The summed E-state index contributed by atoms with van der Waals surface area (Å²) in [6.07, 6.45) is 3.38. The Balaban J connectivity index is 2.04. The van der Waals surface area contributed by atoms with Gasteiger partial charge in [-0.1, -0.05) is 6.07 Å². The molecule has 0 radical (unpaired) electrons. The first-order chi connectivity index (χ1) is 9.74. The molecule has 3 N–H and O–H groups in total. The molecular formula is C13H9FN6. The smallest absolute Gasteiger partial charge is 0.183 e. The van der Waals surface area contributed by atoms with Gasteiger partial charge in [-0.15, -0.1) is 0 Å². The lowest BCUT2D eigenvalue weighted by molar-refractivity contribution is 0.628. The van der Waals surface area contributed by atoms with Gasteiger partial charge in [0.2, 0.25) is 0 Å². The van der Waals surface area contributed by atoms with Crippen LogP contribution in [0.2, 0.25) is 0 Å². The molecule has 0 amide bonds. The Bertz CT molecular complexity index is 938. The number of hydrogen-bond acceptors (Lipinski definition) is 4. The number of nitrogens with two attached hydrogens (primary N) is 1. The number of pyridine rings is 2. The molecule has 0 saturated heterocycles. The van der Waals surface area contributed by atoms with Gasteiger partial charge >= 0.3 is 0 Å². The second-order valence-corrected chi connectivity index (χ2v) is 4.42. The highest BCUT2D eigenvalue weighted by Gasteiger charge is 2.16. The summed E-state index contributed by atoms with van der Waals surface area (Å²) < 4.78 is 15.9. The number of rotatable bonds is 1. The van der Waals surface area contributed by atoms with Gasteiger partial charge in [0, 0.05) is 11.8 Å². The van der Waals surface area contributed by atoms with Crippen LogP contribution >= 0.6 is 0 Å². The van der Waals surface area contributed by atoms with Gasteiger partial charge in [0.1, 0.15) is 11.5 Å². The maximum absolute atomic E-state index is 14.3. The van der Waals surface area contributed by atoms with Crippen molar-refractivity contribution < 1.29 is 4.39 Å². The molecule has 20 heavy (non-hydrogen) atoms. The zero-order valence-electron chi connectivity index (χ0n) is 10.2. The molecule has 4 heterocycles. The van der Waals surface area contributed by atoms with Crippen molar-refractivity contribution in [2.24, 2.45) is 0 Å². The highest BCUT2D eigenvalue weighted by molar-refractivity contribution is 5.89. The molecule has 0 atom stereocenters. The van der Waals surface area contributed by atoms with E-state index in [0.29, 0.717) is 22.4 Å². The molecule has 0 bridgehead atoms. The number of anilines is 1. The maximum atomic E-state index is 14.3. The summed E-state index contributed by atoms with van der Waals surface area (Å²) in [6, 6.07) is 6.91. The first kappa shape index (κ1) is 10.9. The topological polar surface area (TPSA) is 84.9 Å². The molecule has 6 nitrogen and oxygen atoms in total. The van der Waals surface area contributed by atoms with E-state index in [0.717, 1.165) is 5.52 Å². The monoisotopic (exact) mass is 268 g/mol. The van der Waals surface area contributed by atoms with Crippen LogP contribution in [0.4, 0.5) is 10.2 Å². The zero-order valence-corrected chi connectivity index (χ0v) is 10.2. The molecule has 0 aliphatic carbocycles. The Labute approximate surface area is 112 Å². The highest BCUT2D eigenvalue weighted by Crippen LogP contribution is 2.28. The lowest BCUT2D eigenvalue weighted by Crippen LogP contribution is -1.91. The first-order valence-electron chi connectivity index (χ1n) is 5.97. The summed E-state index contributed by atoms with van der Waals surface area (Å²) in [6.45, 7) is 0. The van der Waals surface area contributed by atoms with E-state index >= 15 is 0 Å². The van der Waals surface area contributed by atoms with Gasteiger partial charge in [0.15, 0.2) is 11.5 Å². The molecule has 4 aromatic rings. The van der Waals surface area contributed by atoms with Crippen LogP contribution in [-0.2, 0) is 0 Å². The van der Waals surface area contributed by atoms with E-state index in [1.165, 1.54) is 6.07 Å². The molecule has 4 aromatic heterocycles. The van der Waals surface area contributed by atoms with Crippen molar-refractivity contribution in [3.8, 4) is 11.3 Å². The third-order valence-corrected chi connectivity index (χ3v) is 3.21. The predicted octanol–water partition coefficient (Wildman–Crippen LogP) is 1.99. The van der Waals surface area contributed by atoms with E-state index in [2.05, 4.69) is 20.3 Å². The third-order valence-electron chi connectivity index (χ3n) is 3.21. The molecule has 0 aromatic carbocycles. The molecule has 4 rings (SSSR count). The van der Waals surface area contributed by atoms with E-state index in [1.54, 1.807) is 16.9 Å². The van der Waals surface area contributed by atoms with Gasteiger partial charge in [-0.2, -0.15) is 10.2 Å². The van der Waals surface area contributed by atoms with Gasteiger partial charge in [0.05, 0.1) is 17.1 Å². The minimum absolute atomic E-state index is 0.213. The fourth-order valence-electron chi connectivity index (χ4n) is 2.24. The first-order valence-corrected chi connectivity index (χ1v) is 5.97. The van der Waals surface area contributed by atoms with Crippen LogP contribution in [0, 0.1) is 5.82 Å². The molecular weight excluding hydrogens is 259 g/mol. The average Bonchev–Trinajstić information content (AvgIpc) is 3.03. The summed E-state index contributed by atoms with van der Waals surface area (Å²) in [4.78, 5) is 4.24. The van der Waals surface area contributed by atoms with E-state index in [1.807, 2.05) is 18.2 Å². The normalized spacial score (nSPS) is 11.4. The second kappa shape index (κ2) is 3.77. The Hall–Kier alpha value is -2.96. The van der Waals surface area contributed by atoms with Gasteiger partial charge in [-0.3, -0.25) is 5.10 Å². The van der Waals surface area contributed by atoms with Gasteiger partial charge in [0.25, 0.3) is 0 Å². The van der Waals surface area contributed by atoms with E-state index < -0.39 is 5.82 Å². The molecule has 0 spiro atoms. The van der Waals surface area contributed by atoms with Crippen molar-refractivity contribution in [3.05, 3.63) is 42.5 Å². The second-order valence-electron chi connectivity index (χ2n) is 4.42. The third kappa shape index (κ3) is 1.40. The zero-order chi connectivity index (χ0) is 13.7. The number of halogens is 1. The Morgan fingerprint density at radius 1 is 1.30 bits per heavy atom. The highest BCUT2D eigenvalue weighted by atomic mass is 19.1. The average molecular weight is 268 g/mol. The number of nitrogens with zero attached hydrogens (tertiary/aromatic N) is 4. The van der Waals surface area contributed by atoms with Crippen LogP contribution in [0.25, 0.3) is 27.8 Å². The number of fused-ring (bicyclic) bond motifs is 2. The number of nitrogen functional groups attached to an aromatic ring is 1. The SMILES string of the molecule is Nc1[nH]nc2nc(-c3cnn4ccccc34)c(F)cc12. The minimum atomic E-state index is -0.454. The molecule has 98 valence electrons. The standard InChI is InChI=1S/C13H9FN6/c14-9-5-7-12(15)18-19-13(7)17-11(9)8-6-16-20-4-2-1-3-10(8)20/h1-6H,(H3,15,17,18,19). The number of aromatic nitrogens is 5. The minimum Gasteiger partial charge on any atom is -0.384 e. The van der Waals surface area contributed by atoms with Gasteiger partial charge < -0.3 is 5.73 Å². The van der Waals surface area contributed by atoms with Crippen molar-refractivity contribution in [2.75, 3.05) is 5.73 Å². The van der Waals surface area contributed by atoms with Crippen LogP contribution in [-0.4, -0.2) is 24.8 Å². The van der Waals surface area contributed by atoms with Crippen LogP contribution < -0.4 is 5.73 Å². The molecule has 0 saturated carbocycles. The van der Waals surface area contributed by atoms with Crippen molar-refractivity contribution in [1.82, 2.24) is 24.8 Å². The van der Waals surface area contributed by atoms with Crippen molar-refractivity contribution in [3.63, 3.8) is 0 Å². The lowest BCUT2D eigenvalue weighted by Gasteiger charge is -2.01. The summed E-state index contributed by atoms with van der Waals surface area (Å²) in [7, 11) is 0. The van der Waals surface area contributed by atoms with Crippen molar-refractivity contribution >= 4 is 22.4 Å². The van der Waals surface area contributed by atoms with E-state index in [-0.39, 0.29) is 5.69 Å². The fraction of sp³-hybridized carbons (Fsp3) is 0. The molecule has 0 aliphatic rings. The quantitative estimate of drug-likeness (QED) is 0.553. The number of hydrogen-bond donors (Lipinski definition) is 2. The summed E-state index contributed by atoms with van der Waals surface area (Å²) in [5.74, 6) is -0.151. The fourth-order valence-corrected chi connectivity index (χ4v) is 2.24. The summed E-state index contributed by atoms with van der Waals surface area (Å²) in [5.41, 5.74) is 7.66. The number of nitrogens with one attached hydrogen (secondary N) is 1. The Kier molecular flexibility index (Phi) is 2.06. The number of aromatic amines is 1. The van der Waals surface area contributed by atoms with Gasteiger partial charge in [-0.05, 0) is 18.2 Å². The molecule has 0 unspecified atom stereocenters. The maximum Gasteiger partial charge on any atom is 0.183 e. The van der Waals surface area contributed by atoms with Crippen LogP contribution in [0.5, 0.6) is 0 Å². The van der Waals surface area contributed by atoms with E-state index in [4.69, 9.17) is 5.73 Å². The largest absolute Gasteiger partial charge is 0.384 e. The Morgan fingerprint density at radius 2 is 2.20 bits per heavy atom. The number of H-pyrrole nitrogens is 1. The van der Waals surface area contributed by atoms with Crippen LogP contribution in [0.1, 0.15) is 0 Å².